The molecule has 0 spiro atoms. The molecule has 1 aromatic carbocycles. The lowest BCUT2D eigenvalue weighted by atomic mass is 10.1. The van der Waals surface area contributed by atoms with Crippen LogP contribution in [0.3, 0.4) is 0 Å². The third-order valence-corrected chi connectivity index (χ3v) is 1.58. The number of hydrogen-bond acceptors (Lipinski definition) is 1. The summed E-state index contributed by atoms with van der Waals surface area (Å²) in [7, 11) is 3.28. The van der Waals surface area contributed by atoms with Gasteiger partial charge in [0.2, 0.25) is 0 Å². The smallest absolute Gasteiger partial charge is 0.319 e. The van der Waals surface area contributed by atoms with Crippen molar-refractivity contribution in [3.63, 3.8) is 0 Å². The second-order valence-electron chi connectivity index (χ2n) is 2.55. The Balaban J connectivity index is 3.09. The Bertz CT molecular complexity index is 309. The molecular formula is C9H10FNO. The van der Waals surface area contributed by atoms with Gasteiger partial charge in [-0.15, -0.1) is 7.05 Å². The molecule has 0 aliphatic rings. The molecule has 0 saturated heterocycles. The topological polar surface area (TPSA) is 33.7 Å². The molecule has 1 aromatic rings. The summed E-state index contributed by atoms with van der Waals surface area (Å²) in [4.78, 5) is 11.0. The van der Waals surface area contributed by atoms with Gasteiger partial charge < -0.3 is 5.32 Å². The van der Waals surface area contributed by atoms with Crippen LogP contribution in [0.1, 0.15) is 15.9 Å². The number of halogens is 1. The molecule has 0 aliphatic carbocycles. The van der Waals surface area contributed by atoms with Crippen LogP contribution in [0, 0.1) is 19.8 Å². The number of carbonyl (C=O) groups excluding carboxylic acids is 1. The van der Waals surface area contributed by atoms with Crippen molar-refractivity contribution in [1.82, 2.24) is 0 Å². The van der Waals surface area contributed by atoms with E-state index in [4.69, 9.17) is 0 Å². The first-order valence-electron chi connectivity index (χ1n) is 3.58. The van der Waals surface area contributed by atoms with Crippen molar-refractivity contribution in [2.45, 2.75) is 6.92 Å². The molecule has 0 saturated carbocycles. The monoisotopic (exact) mass is 167 g/mol. The standard InChI is InChI=1S/C9H10FNO/c1-6-3-4-7(8(10)5-6)9(12)11-2/h3-5H,2,11H2,1H3. The molecule has 0 fully saturated rings. The minimum atomic E-state index is -0.486. The molecule has 0 heterocycles. The molecule has 1 rings (SSSR count). The number of hydrogen-bond donors (Lipinski definition) is 1. The van der Waals surface area contributed by atoms with Gasteiger partial charge in [-0.2, -0.15) is 0 Å². The maximum absolute atomic E-state index is 13.0. The van der Waals surface area contributed by atoms with Gasteiger partial charge in [-0.3, -0.25) is 0 Å². The summed E-state index contributed by atoms with van der Waals surface area (Å²) in [6.45, 7) is 1.77. The molecule has 64 valence electrons. The van der Waals surface area contributed by atoms with Gasteiger partial charge in [-0.25, -0.2) is 9.18 Å². The summed E-state index contributed by atoms with van der Waals surface area (Å²) < 4.78 is 13.0. The number of primary amides is 1. The van der Waals surface area contributed by atoms with Crippen molar-refractivity contribution in [1.29, 1.82) is 0 Å². The fourth-order valence-corrected chi connectivity index (χ4v) is 0.930. The lowest BCUT2D eigenvalue weighted by molar-refractivity contribution is -0.489. The Morgan fingerprint density at radius 2 is 2.25 bits per heavy atom. The van der Waals surface area contributed by atoms with Crippen LogP contribution in [0.25, 0.3) is 0 Å². The first-order valence-corrected chi connectivity index (χ1v) is 3.58. The second-order valence-corrected chi connectivity index (χ2v) is 2.55. The van der Waals surface area contributed by atoms with Gasteiger partial charge in [0, 0.05) is 0 Å². The predicted octanol–water partition coefficient (Wildman–Crippen LogP) is 0.629. The lowest BCUT2D eigenvalue weighted by Gasteiger charge is -2.00. The van der Waals surface area contributed by atoms with E-state index in [0.29, 0.717) is 0 Å². The molecule has 0 radical (unpaired) electrons. The molecule has 1 amide bonds. The summed E-state index contributed by atoms with van der Waals surface area (Å²) in [5.41, 5.74) is 0.878. The minimum Gasteiger partial charge on any atom is -0.411 e. The number of quaternary nitrogens is 1. The SMILES string of the molecule is [CH2-][NH2+]C(=O)c1ccc(C)cc1F. The summed E-state index contributed by atoms with van der Waals surface area (Å²) in [6.07, 6.45) is 0. The molecule has 0 bridgehead atoms. The Morgan fingerprint density at radius 1 is 1.58 bits per heavy atom. The summed E-state index contributed by atoms with van der Waals surface area (Å²) in [5, 5.41) is 1.10. The predicted molar refractivity (Wildman–Crippen MR) is 42.7 cm³/mol. The van der Waals surface area contributed by atoms with E-state index < -0.39 is 5.82 Å². The first-order chi connectivity index (χ1) is 5.65. The van der Waals surface area contributed by atoms with E-state index in [1.54, 1.807) is 13.0 Å². The zero-order valence-electron chi connectivity index (χ0n) is 6.80. The summed E-state index contributed by atoms with van der Waals surface area (Å²) >= 11 is 0. The van der Waals surface area contributed by atoms with Gasteiger partial charge in [0.25, 0.3) is 0 Å². The van der Waals surface area contributed by atoms with Gasteiger partial charge in [0.15, 0.2) is 0 Å². The van der Waals surface area contributed by atoms with Crippen LogP contribution in [-0.4, -0.2) is 5.91 Å². The highest BCUT2D eigenvalue weighted by Gasteiger charge is 2.10. The van der Waals surface area contributed by atoms with Crippen molar-refractivity contribution in [2.75, 3.05) is 0 Å². The number of aryl methyl sites for hydroxylation is 1. The van der Waals surface area contributed by atoms with Crippen molar-refractivity contribution in [3.8, 4) is 0 Å². The van der Waals surface area contributed by atoms with E-state index in [1.165, 1.54) is 12.1 Å². The van der Waals surface area contributed by atoms with Crippen LogP contribution in [0.5, 0.6) is 0 Å². The number of nitrogens with two attached hydrogens (primary N) is 1. The Kier molecular flexibility index (Phi) is 2.55. The van der Waals surface area contributed by atoms with Crippen LogP contribution in [0.4, 0.5) is 4.39 Å². The van der Waals surface area contributed by atoms with E-state index in [2.05, 4.69) is 7.05 Å². The molecule has 0 atom stereocenters. The van der Waals surface area contributed by atoms with Gasteiger partial charge >= 0.3 is 5.91 Å². The van der Waals surface area contributed by atoms with Crippen molar-refractivity contribution in [2.24, 2.45) is 0 Å². The van der Waals surface area contributed by atoms with Crippen molar-refractivity contribution >= 4 is 5.91 Å². The normalized spacial score (nSPS) is 9.92. The number of rotatable bonds is 1. The lowest BCUT2D eigenvalue weighted by Crippen LogP contribution is -2.81. The average Bonchev–Trinajstić information content (AvgIpc) is 2.03. The zero-order valence-corrected chi connectivity index (χ0v) is 6.80. The summed E-state index contributed by atoms with van der Waals surface area (Å²) in [6, 6.07) is 4.49. The minimum absolute atomic E-state index is 0.0793. The van der Waals surface area contributed by atoms with E-state index in [1.807, 2.05) is 0 Å². The fraction of sp³-hybridized carbons (Fsp3) is 0.111. The maximum Gasteiger partial charge on any atom is 0.319 e. The third kappa shape index (κ3) is 1.68. The second kappa shape index (κ2) is 3.45. The summed E-state index contributed by atoms with van der Waals surface area (Å²) in [5.74, 6) is -0.868. The average molecular weight is 167 g/mol. The quantitative estimate of drug-likeness (QED) is 0.611. The van der Waals surface area contributed by atoms with E-state index >= 15 is 0 Å². The van der Waals surface area contributed by atoms with Gasteiger partial charge in [-0.1, -0.05) is 6.07 Å². The van der Waals surface area contributed by atoms with Gasteiger partial charge in [-0.05, 0) is 24.6 Å². The molecule has 2 N–H and O–H groups in total. The van der Waals surface area contributed by atoms with Gasteiger partial charge in [0.1, 0.15) is 11.4 Å². The van der Waals surface area contributed by atoms with Crippen LogP contribution < -0.4 is 5.32 Å². The Morgan fingerprint density at radius 3 is 2.75 bits per heavy atom. The molecule has 0 aromatic heterocycles. The van der Waals surface area contributed by atoms with Crippen LogP contribution in [-0.2, 0) is 0 Å². The zero-order chi connectivity index (χ0) is 9.14. The van der Waals surface area contributed by atoms with Crippen molar-refractivity contribution in [3.05, 3.63) is 42.2 Å². The molecular weight excluding hydrogens is 157 g/mol. The highest BCUT2D eigenvalue weighted by atomic mass is 19.1. The molecule has 0 aliphatic heterocycles. The van der Waals surface area contributed by atoms with Gasteiger partial charge in [0.05, 0.1) is 0 Å². The Labute approximate surface area is 70.4 Å². The van der Waals surface area contributed by atoms with E-state index in [9.17, 15) is 9.18 Å². The highest BCUT2D eigenvalue weighted by molar-refractivity contribution is 5.86. The number of benzene rings is 1. The highest BCUT2D eigenvalue weighted by Crippen LogP contribution is 2.07. The Hall–Kier alpha value is -1.22. The van der Waals surface area contributed by atoms with Crippen LogP contribution in [0.2, 0.25) is 0 Å². The fourth-order valence-electron chi connectivity index (χ4n) is 0.930. The first kappa shape index (κ1) is 8.87. The third-order valence-electron chi connectivity index (χ3n) is 1.58. The molecule has 12 heavy (non-hydrogen) atoms. The molecule has 3 heteroatoms. The van der Waals surface area contributed by atoms with Crippen LogP contribution in [0.15, 0.2) is 18.2 Å². The van der Waals surface area contributed by atoms with Crippen molar-refractivity contribution < 1.29 is 14.5 Å². The number of amides is 1. The van der Waals surface area contributed by atoms with Crippen LogP contribution >= 0.6 is 0 Å². The molecule has 0 unspecified atom stereocenters. The molecule has 2 nitrogen and oxygen atoms in total. The van der Waals surface area contributed by atoms with E-state index in [0.717, 1.165) is 10.9 Å². The van der Waals surface area contributed by atoms with E-state index in [-0.39, 0.29) is 11.5 Å². The largest absolute Gasteiger partial charge is 0.411 e. The number of carbonyl (C=O) groups is 1. The maximum atomic E-state index is 13.0.